The molecular formula is C29H25F2N9O2. The molecule has 5 aromatic rings. The van der Waals surface area contributed by atoms with Crippen LogP contribution in [0.3, 0.4) is 0 Å². The number of nitrogens with one attached hydrogen (secondary N) is 1. The van der Waals surface area contributed by atoms with E-state index in [-0.39, 0.29) is 52.6 Å². The molecule has 42 heavy (non-hydrogen) atoms. The van der Waals surface area contributed by atoms with E-state index in [1.54, 1.807) is 12.3 Å². The van der Waals surface area contributed by atoms with Crippen molar-refractivity contribution in [2.75, 3.05) is 5.73 Å². The molecule has 1 aromatic carbocycles. The number of nitrogen functional groups attached to an aromatic ring is 1. The number of halogens is 2. The number of carbonyl (C=O) groups is 2. The van der Waals surface area contributed by atoms with Crippen molar-refractivity contribution in [2.45, 2.75) is 50.6 Å². The normalized spacial score (nSPS) is 19.9. The summed E-state index contributed by atoms with van der Waals surface area (Å²) in [4.78, 5) is 39.9. The smallest absolute Gasteiger partial charge is 0.292 e. The SMILES string of the molecule is CC(=O)c1c([C@@H]2C[C@H]3CC[C@@H](C2)N3C(=O)c2nnc[nH]2)nc2c(-c3ccc(-c4c(F)cccc4F)nc3)cnn2c1N. The first kappa shape index (κ1) is 25.9. The van der Waals surface area contributed by atoms with Gasteiger partial charge in [-0.25, -0.2) is 13.8 Å². The Morgan fingerprint density at radius 2 is 1.79 bits per heavy atom. The number of nitrogens with zero attached hydrogens (tertiary/aromatic N) is 7. The Balaban J connectivity index is 1.26. The van der Waals surface area contributed by atoms with E-state index in [1.165, 1.54) is 48.2 Å². The molecule has 212 valence electrons. The number of benzene rings is 1. The molecule has 0 aliphatic carbocycles. The lowest BCUT2D eigenvalue weighted by Gasteiger charge is -2.38. The second-order valence-electron chi connectivity index (χ2n) is 10.7. The molecule has 11 nitrogen and oxygen atoms in total. The van der Waals surface area contributed by atoms with Crippen molar-refractivity contribution >= 4 is 23.2 Å². The number of amides is 1. The van der Waals surface area contributed by atoms with Gasteiger partial charge in [0.05, 0.1) is 28.7 Å². The van der Waals surface area contributed by atoms with Gasteiger partial charge < -0.3 is 15.6 Å². The van der Waals surface area contributed by atoms with E-state index in [0.717, 1.165) is 12.8 Å². The topological polar surface area (TPSA) is 148 Å². The molecule has 13 heteroatoms. The number of anilines is 1. The van der Waals surface area contributed by atoms with E-state index in [1.807, 2.05) is 4.90 Å². The third-order valence-electron chi connectivity index (χ3n) is 8.33. The molecule has 2 aliphatic rings. The third-order valence-corrected chi connectivity index (χ3v) is 8.33. The van der Waals surface area contributed by atoms with Crippen molar-refractivity contribution in [3.63, 3.8) is 0 Å². The summed E-state index contributed by atoms with van der Waals surface area (Å²) in [7, 11) is 0. The molecule has 0 saturated carbocycles. The zero-order valence-electron chi connectivity index (χ0n) is 22.5. The first-order valence-corrected chi connectivity index (χ1v) is 13.6. The Hall–Kier alpha value is -5.07. The Labute approximate surface area is 237 Å². The lowest BCUT2D eigenvalue weighted by molar-refractivity contribution is 0.0556. The van der Waals surface area contributed by atoms with Gasteiger partial charge in [-0.05, 0) is 50.8 Å². The fourth-order valence-corrected chi connectivity index (χ4v) is 6.50. The number of fused-ring (bicyclic) bond motifs is 3. The minimum Gasteiger partial charge on any atom is -0.383 e. The molecule has 2 aliphatic heterocycles. The number of aromatic nitrogens is 7. The van der Waals surface area contributed by atoms with E-state index in [4.69, 9.17) is 10.7 Å². The monoisotopic (exact) mass is 569 g/mol. The average Bonchev–Trinajstić information content (AvgIpc) is 3.71. The van der Waals surface area contributed by atoms with Crippen molar-refractivity contribution in [2.24, 2.45) is 0 Å². The number of nitrogens with two attached hydrogens (primary N) is 1. The second-order valence-corrected chi connectivity index (χ2v) is 10.7. The van der Waals surface area contributed by atoms with Crippen molar-refractivity contribution < 1.29 is 18.4 Å². The Bertz CT molecular complexity index is 1820. The summed E-state index contributed by atoms with van der Waals surface area (Å²) < 4.78 is 30.1. The van der Waals surface area contributed by atoms with Crippen molar-refractivity contribution in [3.8, 4) is 22.4 Å². The van der Waals surface area contributed by atoms with Gasteiger partial charge in [0.1, 0.15) is 23.8 Å². The molecule has 4 aromatic heterocycles. The fourth-order valence-electron chi connectivity index (χ4n) is 6.50. The van der Waals surface area contributed by atoms with Crippen LogP contribution in [0.25, 0.3) is 28.0 Å². The molecule has 0 radical (unpaired) electrons. The number of pyridine rings is 1. The highest BCUT2D eigenvalue weighted by Crippen LogP contribution is 2.45. The molecule has 2 saturated heterocycles. The number of carbonyl (C=O) groups excluding carboxylic acids is 2. The van der Waals surface area contributed by atoms with Crippen LogP contribution in [0.15, 0.2) is 49.1 Å². The molecule has 0 spiro atoms. The second kappa shape index (κ2) is 9.79. The van der Waals surface area contributed by atoms with Crippen LogP contribution in [-0.4, -0.2) is 63.4 Å². The quantitative estimate of drug-likeness (QED) is 0.300. The number of hydrogen-bond acceptors (Lipinski definition) is 8. The molecule has 2 bridgehead atoms. The van der Waals surface area contributed by atoms with Crippen LogP contribution in [-0.2, 0) is 0 Å². The first-order chi connectivity index (χ1) is 20.3. The highest BCUT2D eigenvalue weighted by atomic mass is 19.1. The summed E-state index contributed by atoms with van der Waals surface area (Å²) in [5, 5.41) is 12.0. The number of piperidine rings is 1. The average molecular weight is 570 g/mol. The summed E-state index contributed by atoms with van der Waals surface area (Å²) in [6.45, 7) is 1.45. The number of aromatic amines is 1. The maximum atomic E-state index is 14.3. The van der Waals surface area contributed by atoms with Crippen LogP contribution < -0.4 is 5.73 Å². The molecule has 6 heterocycles. The molecule has 3 atom stereocenters. The molecule has 2 fully saturated rings. The van der Waals surface area contributed by atoms with E-state index in [0.29, 0.717) is 40.9 Å². The van der Waals surface area contributed by atoms with Gasteiger partial charge in [0, 0.05) is 35.3 Å². The number of H-pyrrole nitrogens is 1. The van der Waals surface area contributed by atoms with Crippen molar-refractivity contribution in [1.29, 1.82) is 0 Å². The predicted octanol–water partition coefficient (Wildman–Crippen LogP) is 4.19. The maximum absolute atomic E-state index is 14.3. The van der Waals surface area contributed by atoms with Gasteiger partial charge in [0.2, 0.25) is 5.82 Å². The van der Waals surface area contributed by atoms with Crippen LogP contribution in [0.1, 0.15) is 65.2 Å². The minimum absolute atomic E-state index is 0.0367. The summed E-state index contributed by atoms with van der Waals surface area (Å²) in [6.07, 6.45) is 7.38. The highest BCUT2D eigenvalue weighted by molar-refractivity contribution is 6.00. The Morgan fingerprint density at radius 1 is 1.05 bits per heavy atom. The zero-order chi connectivity index (χ0) is 29.1. The standard InChI is InChI=1S/C29H25F2N9O2/c1-14(41)23-25(16-9-17-6-7-18(10-16)39(17)29(42)27-34-13-35-38-27)37-28-19(12-36-40(28)26(23)32)15-5-8-22(33-11-15)24-20(30)3-2-4-21(24)31/h2-5,8,11-13,16-18H,6-7,9-10,32H2,1H3,(H,34,35,38)/t16-,17-,18+. The molecule has 0 unspecified atom stereocenters. The highest BCUT2D eigenvalue weighted by Gasteiger charge is 2.45. The van der Waals surface area contributed by atoms with Gasteiger partial charge >= 0.3 is 0 Å². The number of rotatable bonds is 5. The predicted molar refractivity (Wildman–Crippen MR) is 147 cm³/mol. The van der Waals surface area contributed by atoms with Crippen molar-refractivity contribution in [1.82, 2.24) is 39.7 Å². The van der Waals surface area contributed by atoms with Gasteiger partial charge in [-0.3, -0.25) is 14.6 Å². The summed E-state index contributed by atoms with van der Waals surface area (Å²) in [5.74, 6) is -1.54. The summed E-state index contributed by atoms with van der Waals surface area (Å²) in [5.41, 5.74) is 9.04. The van der Waals surface area contributed by atoms with Gasteiger partial charge in [-0.1, -0.05) is 12.1 Å². The van der Waals surface area contributed by atoms with Gasteiger partial charge in [-0.15, -0.1) is 10.2 Å². The van der Waals surface area contributed by atoms with Crippen LogP contribution in [0.4, 0.5) is 14.6 Å². The number of ketones is 1. The van der Waals surface area contributed by atoms with E-state index >= 15 is 0 Å². The summed E-state index contributed by atoms with van der Waals surface area (Å²) in [6, 6.07) is 6.81. The molecular weight excluding hydrogens is 544 g/mol. The van der Waals surface area contributed by atoms with Gasteiger partial charge in [0.15, 0.2) is 11.4 Å². The van der Waals surface area contributed by atoms with E-state index in [9.17, 15) is 18.4 Å². The first-order valence-electron chi connectivity index (χ1n) is 13.6. The molecule has 7 rings (SSSR count). The molecule has 1 amide bonds. The lowest BCUT2D eigenvalue weighted by Crippen LogP contribution is -2.46. The number of hydrogen-bond donors (Lipinski definition) is 2. The van der Waals surface area contributed by atoms with Crippen LogP contribution in [0, 0.1) is 11.6 Å². The Kier molecular flexibility index (Phi) is 6.03. The van der Waals surface area contributed by atoms with Gasteiger partial charge in [-0.2, -0.15) is 9.61 Å². The maximum Gasteiger partial charge on any atom is 0.292 e. The van der Waals surface area contributed by atoms with E-state index in [2.05, 4.69) is 25.3 Å². The fraction of sp³-hybridized carbons (Fsp3) is 0.276. The largest absolute Gasteiger partial charge is 0.383 e. The summed E-state index contributed by atoms with van der Waals surface area (Å²) >= 11 is 0. The zero-order valence-corrected chi connectivity index (χ0v) is 22.5. The van der Waals surface area contributed by atoms with Crippen LogP contribution in [0.2, 0.25) is 0 Å². The molecule has 3 N–H and O–H groups in total. The van der Waals surface area contributed by atoms with E-state index < -0.39 is 11.6 Å². The lowest BCUT2D eigenvalue weighted by atomic mass is 9.85. The van der Waals surface area contributed by atoms with Crippen molar-refractivity contribution in [3.05, 3.63) is 77.8 Å². The van der Waals surface area contributed by atoms with Crippen LogP contribution in [0.5, 0.6) is 0 Å². The Morgan fingerprint density at radius 3 is 2.40 bits per heavy atom. The van der Waals surface area contributed by atoms with Crippen LogP contribution >= 0.6 is 0 Å². The third kappa shape index (κ3) is 4.03. The number of Topliss-reactive ketones (excluding diaryl/α,β-unsaturated/α-hetero) is 1. The van der Waals surface area contributed by atoms with Gasteiger partial charge in [0.25, 0.3) is 5.91 Å². The minimum atomic E-state index is -0.704.